The second kappa shape index (κ2) is 4.10. The zero-order valence-corrected chi connectivity index (χ0v) is 11.4. The van der Waals surface area contributed by atoms with Gasteiger partial charge in [-0.05, 0) is 63.2 Å². The summed E-state index contributed by atoms with van der Waals surface area (Å²) in [6.07, 6.45) is 4.43. The number of rotatable bonds is 1. The predicted molar refractivity (Wildman–Crippen MR) is 69.6 cm³/mol. The highest BCUT2D eigenvalue weighted by Crippen LogP contribution is 2.56. The van der Waals surface area contributed by atoms with Crippen LogP contribution in [0.25, 0.3) is 0 Å². The zero-order chi connectivity index (χ0) is 12.8. The van der Waals surface area contributed by atoms with Gasteiger partial charge < -0.3 is 10.2 Å². The molecule has 0 saturated heterocycles. The summed E-state index contributed by atoms with van der Waals surface area (Å²) in [5, 5.41) is 21.1. The molecule has 2 rings (SSSR count). The van der Waals surface area contributed by atoms with E-state index in [9.17, 15) is 10.2 Å². The smallest absolute Gasteiger partial charge is 0.0654 e. The topological polar surface area (TPSA) is 40.5 Å². The van der Waals surface area contributed by atoms with E-state index in [1.54, 1.807) is 0 Å². The summed E-state index contributed by atoms with van der Waals surface area (Å²) in [6.45, 7) is 10.2. The van der Waals surface area contributed by atoms with Gasteiger partial charge >= 0.3 is 0 Å². The van der Waals surface area contributed by atoms with Crippen LogP contribution in [0.4, 0.5) is 0 Å². The van der Waals surface area contributed by atoms with Gasteiger partial charge in [-0.25, -0.2) is 0 Å². The molecule has 2 N–H and O–H groups in total. The van der Waals surface area contributed by atoms with Crippen LogP contribution in [0, 0.1) is 17.3 Å². The van der Waals surface area contributed by atoms with E-state index in [1.807, 2.05) is 13.8 Å². The van der Waals surface area contributed by atoms with Crippen molar-refractivity contribution in [1.29, 1.82) is 0 Å². The molecule has 0 bridgehead atoms. The molecule has 0 radical (unpaired) electrons. The molecule has 98 valence electrons. The molecule has 0 spiro atoms. The minimum Gasteiger partial charge on any atom is -0.393 e. The van der Waals surface area contributed by atoms with Crippen molar-refractivity contribution in [3.63, 3.8) is 0 Å². The first kappa shape index (κ1) is 13.1. The second-order valence-corrected chi connectivity index (χ2v) is 6.80. The summed E-state index contributed by atoms with van der Waals surface area (Å²) in [5.74, 6) is 0.571. The first-order valence-electron chi connectivity index (χ1n) is 6.83. The number of allylic oxidation sites excluding steroid dienone is 1. The molecule has 2 fully saturated rings. The Balaban J connectivity index is 2.30. The molecule has 2 aliphatic rings. The Bertz CT molecular complexity index is 321. The third-order valence-electron chi connectivity index (χ3n) is 5.43. The first-order chi connectivity index (χ1) is 7.77. The van der Waals surface area contributed by atoms with E-state index in [0.29, 0.717) is 5.92 Å². The van der Waals surface area contributed by atoms with E-state index in [-0.39, 0.29) is 17.4 Å². The molecule has 0 aromatic heterocycles. The second-order valence-electron chi connectivity index (χ2n) is 6.80. The van der Waals surface area contributed by atoms with E-state index >= 15 is 0 Å². The van der Waals surface area contributed by atoms with Crippen molar-refractivity contribution >= 4 is 0 Å². The highest BCUT2D eigenvalue weighted by Gasteiger charge is 2.54. The average molecular weight is 238 g/mol. The molecule has 0 aliphatic heterocycles. The Morgan fingerprint density at radius 2 is 1.88 bits per heavy atom. The maximum atomic E-state index is 10.6. The monoisotopic (exact) mass is 238 g/mol. The van der Waals surface area contributed by atoms with E-state index in [2.05, 4.69) is 13.5 Å². The first-order valence-corrected chi connectivity index (χ1v) is 6.83. The van der Waals surface area contributed by atoms with Gasteiger partial charge in [0.15, 0.2) is 0 Å². The van der Waals surface area contributed by atoms with Gasteiger partial charge in [-0.1, -0.05) is 19.1 Å². The Hall–Kier alpha value is -0.340. The number of hydrogen-bond acceptors (Lipinski definition) is 2. The normalized spacial score (nSPS) is 50.8. The molecule has 0 aromatic carbocycles. The summed E-state index contributed by atoms with van der Waals surface area (Å²) in [7, 11) is 0. The van der Waals surface area contributed by atoms with Crippen LogP contribution in [0.15, 0.2) is 12.2 Å². The molecule has 17 heavy (non-hydrogen) atoms. The Labute approximate surface area is 105 Å². The number of aliphatic hydroxyl groups excluding tert-OH is 1. The van der Waals surface area contributed by atoms with Crippen molar-refractivity contribution in [3.8, 4) is 0 Å². The Kier molecular flexibility index (Phi) is 3.16. The molecule has 5 atom stereocenters. The van der Waals surface area contributed by atoms with Crippen molar-refractivity contribution in [2.24, 2.45) is 17.3 Å². The largest absolute Gasteiger partial charge is 0.393 e. The Morgan fingerprint density at radius 1 is 1.24 bits per heavy atom. The fourth-order valence-electron chi connectivity index (χ4n) is 4.13. The number of aliphatic hydroxyl groups is 2. The standard InChI is InChI=1S/C15H26O2/c1-10(2)11-8-12-14(3,13(16)9-11)6-5-7-15(12,4)17/h11-13,16-17H,1,5-9H2,2-4H3/t11-,12+,13-,14-,15+/m0/s1. The van der Waals surface area contributed by atoms with Gasteiger partial charge in [-0.3, -0.25) is 0 Å². The van der Waals surface area contributed by atoms with Crippen LogP contribution in [-0.4, -0.2) is 21.9 Å². The summed E-state index contributed by atoms with van der Waals surface area (Å²) < 4.78 is 0. The lowest BCUT2D eigenvalue weighted by molar-refractivity contribution is -0.167. The van der Waals surface area contributed by atoms with Gasteiger partial charge in [0.05, 0.1) is 11.7 Å². The van der Waals surface area contributed by atoms with E-state index < -0.39 is 5.60 Å². The third kappa shape index (κ3) is 2.06. The number of hydrogen-bond donors (Lipinski definition) is 2. The molecule has 0 aromatic rings. The van der Waals surface area contributed by atoms with Crippen LogP contribution in [0.3, 0.4) is 0 Å². The fraction of sp³-hybridized carbons (Fsp3) is 0.867. The maximum Gasteiger partial charge on any atom is 0.0654 e. The van der Waals surface area contributed by atoms with Crippen LogP contribution in [0.1, 0.15) is 52.9 Å². The molecular weight excluding hydrogens is 212 g/mol. The summed E-state index contributed by atoms with van der Waals surface area (Å²) >= 11 is 0. The van der Waals surface area contributed by atoms with Gasteiger partial charge in [-0.15, -0.1) is 0 Å². The van der Waals surface area contributed by atoms with E-state index in [0.717, 1.165) is 37.7 Å². The molecule has 2 nitrogen and oxygen atoms in total. The maximum absolute atomic E-state index is 10.6. The minimum absolute atomic E-state index is 0.103. The predicted octanol–water partition coefficient (Wildman–Crippen LogP) is 2.89. The molecular formula is C15H26O2. The molecule has 2 saturated carbocycles. The van der Waals surface area contributed by atoms with Gasteiger partial charge in [0.25, 0.3) is 0 Å². The molecule has 0 unspecified atom stereocenters. The highest BCUT2D eigenvalue weighted by molar-refractivity contribution is 5.10. The lowest BCUT2D eigenvalue weighted by Crippen LogP contribution is -2.57. The summed E-state index contributed by atoms with van der Waals surface area (Å²) in [5.41, 5.74) is 0.419. The zero-order valence-electron chi connectivity index (χ0n) is 11.4. The van der Waals surface area contributed by atoms with Crippen LogP contribution >= 0.6 is 0 Å². The number of fused-ring (bicyclic) bond motifs is 1. The van der Waals surface area contributed by atoms with Crippen LogP contribution in [0.5, 0.6) is 0 Å². The van der Waals surface area contributed by atoms with Crippen molar-refractivity contribution in [1.82, 2.24) is 0 Å². The van der Waals surface area contributed by atoms with E-state index in [1.165, 1.54) is 0 Å². The SMILES string of the molecule is C=C(C)[C@H]1C[C@@H]2[C@](C)(CCC[C@@]2(C)O)[C@@H](O)C1. The van der Waals surface area contributed by atoms with Gasteiger partial charge in [0.2, 0.25) is 0 Å². The van der Waals surface area contributed by atoms with E-state index in [4.69, 9.17) is 0 Å². The Morgan fingerprint density at radius 3 is 2.47 bits per heavy atom. The molecule has 0 heterocycles. The van der Waals surface area contributed by atoms with Crippen molar-refractivity contribution in [3.05, 3.63) is 12.2 Å². The van der Waals surface area contributed by atoms with Gasteiger partial charge in [0, 0.05) is 0 Å². The fourth-order valence-corrected chi connectivity index (χ4v) is 4.13. The summed E-state index contributed by atoms with van der Waals surface area (Å²) in [4.78, 5) is 0. The lowest BCUT2D eigenvalue weighted by atomic mass is 9.52. The lowest BCUT2D eigenvalue weighted by Gasteiger charge is -2.56. The van der Waals surface area contributed by atoms with Crippen molar-refractivity contribution in [2.45, 2.75) is 64.6 Å². The molecule has 2 aliphatic carbocycles. The summed E-state index contributed by atoms with van der Waals surface area (Å²) in [6, 6.07) is 0. The minimum atomic E-state index is -0.623. The van der Waals surface area contributed by atoms with Gasteiger partial charge in [-0.2, -0.15) is 0 Å². The average Bonchev–Trinajstić information content (AvgIpc) is 2.19. The molecule has 0 amide bonds. The van der Waals surface area contributed by atoms with Crippen LogP contribution in [0.2, 0.25) is 0 Å². The van der Waals surface area contributed by atoms with Crippen molar-refractivity contribution < 1.29 is 10.2 Å². The van der Waals surface area contributed by atoms with Crippen molar-refractivity contribution in [2.75, 3.05) is 0 Å². The highest BCUT2D eigenvalue weighted by atomic mass is 16.3. The quantitative estimate of drug-likeness (QED) is 0.690. The van der Waals surface area contributed by atoms with Crippen LogP contribution < -0.4 is 0 Å². The third-order valence-corrected chi connectivity index (χ3v) is 5.43. The van der Waals surface area contributed by atoms with Gasteiger partial charge in [0.1, 0.15) is 0 Å². The molecule has 2 heteroatoms. The van der Waals surface area contributed by atoms with Crippen LogP contribution in [-0.2, 0) is 0 Å².